The molecule has 0 aliphatic carbocycles. The first-order valence-electron chi connectivity index (χ1n) is 6.33. The maximum Gasteiger partial charge on any atom is 0.261 e. The molecule has 3 rings (SSSR count). The van der Waals surface area contributed by atoms with Crippen LogP contribution in [0.1, 0.15) is 16.5 Å². The highest BCUT2D eigenvalue weighted by molar-refractivity contribution is 7.09. The second-order valence-electron chi connectivity index (χ2n) is 4.51. The van der Waals surface area contributed by atoms with E-state index in [1.165, 1.54) is 0 Å². The molecule has 3 aromatic rings. The molecule has 0 saturated carbocycles. The third-order valence-electron chi connectivity index (χ3n) is 2.93. The summed E-state index contributed by atoms with van der Waals surface area (Å²) in [5.74, 6) is 1.61. The van der Waals surface area contributed by atoms with E-state index in [2.05, 4.69) is 15.1 Å². The van der Waals surface area contributed by atoms with Gasteiger partial charge in [-0.1, -0.05) is 5.16 Å². The maximum absolute atomic E-state index is 5.74. The van der Waals surface area contributed by atoms with Crippen molar-refractivity contribution in [3.05, 3.63) is 40.1 Å². The summed E-state index contributed by atoms with van der Waals surface area (Å²) in [5.41, 5.74) is 8.02. The average Bonchev–Trinajstić information content (AvgIpc) is 3.08. The van der Waals surface area contributed by atoms with Crippen molar-refractivity contribution in [1.29, 1.82) is 0 Å². The van der Waals surface area contributed by atoms with E-state index in [9.17, 15) is 0 Å². The predicted octanol–water partition coefficient (Wildman–Crippen LogP) is 2.68. The molecule has 0 unspecified atom stereocenters. The van der Waals surface area contributed by atoms with E-state index >= 15 is 0 Å². The van der Waals surface area contributed by atoms with Crippen LogP contribution >= 0.6 is 11.3 Å². The number of benzene rings is 1. The molecule has 0 amide bonds. The van der Waals surface area contributed by atoms with Gasteiger partial charge in [0.15, 0.2) is 5.82 Å². The minimum atomic E-state index is 0.411. The summed E-state index contributed by atoms with van der Waals surface area (Å²) in [6.07, 6.45) is 0.547. The summed E-state index contributed by atoms with van der Waals surface area (Å²) in [6, 6.07) is 5.30. The molecule has 0 saturated heterocycles. The summed E-state index contributed by atoms with van der Waals surface area (Å²) >= 11 is 1.60. The Labute approximate surface area is 125 Å². The van der Waals surface area contributed by atoms with Crippen LogP contribution in [0.15, 0.2) is 28.1 Å². The van der Waals surface area contributed by atoms with Crippen molar-refractivity contribution in [3.8, 4) is 17.2 Å². The molecule has 0 fully saturated rings. The van der Waals surface area contributed by atoms with Crippen LogP contribution in [0.25, 0.3) is 11.5 Å². The minimum absolute atomic E-state index is 0.411. The summed E-state index contributed by atoms with van der Waals surface area (Å²) in [4.78, 5) is 8.78. The maximum atomic E-state index is 5.74. The molecule has 0 aliphatic heterocycles. The van der Waals surface area contributed by atoms with E-state index in [1.807, 2.05) is 12.3 Å². The number of nitrogen functional groups attached to an aromatic ring is 1. The fourth-order valence-electron chi connectivity index (χ4n) is 1.97. The molecule has 21 heavy (non-hydrogen) atoms. The van der Waals surface area contributed by atoms with Crippen molar-refractivity contribution in [2.24, 2.45) is 0 Å². The monoisotopic (exact) mass is 302 g/mol. The molecular formula is C14H14N4O2S. The number of rotatable bonds is 4. The number of nitrogens with two attached hydrogens (primary N) is 1. The van der Waals surface area contributed by atoms with Gasteiger partial charge in [0.05, 0.1) is 29.8 Å². The number of ether oxygens (including phenoxy) is 1. The molecule has 2 aromatic heterocycles. The Hall–Kier alpha value is -2.41. The normalized spacial score (nSPS) is 10.8. The lowest BCUT2D eigenvalue weighted by Gasteiger charge is -2.05. The van der Waals surface area contributed by atoms with Crippen LogP contribution in [-0.4, -0.2) is 22.2 Å². The van der Waals surface area contributed by atoms with Gasteiger partial charge in [-0.15, -0.1) is 11.3 Å². The molecule has 0 aliphatic rings. The Morgan fingerprint density at radius 1 is 1.33 bits per heavy atom. The van der Waals surface area contributed by atoms with E-state index < -0.39 is 0 Å². The van der Waals surface area contributed by atoms with E-state index in [1.54, 1.807) is 36.6 Å². The van der Waals surface area contributed by atoms with Gasteiger partial charge in [0.25, 0.3) is 5.89 Å². The lowest BCUT2D eigenvalue weighted by atomic mass is 10.2. The van der Waals surface area contributed by atoms with Gasteiger partial charge in [-0.25, -0.2) is 4.98 Å². The van der Waals surface area contributed by atoms with Gasteiger partial charge in [0.2, 0.25) is 0 Å². The highest BCUT2D eigenvalue weighted by atomic mass is 32.1. The van der Waals surface area contributed by atoms with E-state index in [4.69, 9.17) is 15.0 Å². The molecule has 0 bridgehead atoms. The van der Waals surface area contributed by atoms with Gasteiger partial charge in [0, 0.05) is 17.1 Å². The fourth-order valence-corrected chi connectivity index (χ4v) is 2.58. The average molecular weight is 302 g/mol. The number of anilines is 1. The Balaban J connectivity index is 1.88. The largest absolute Gasteiger partial charge is 0.496 e. The number of aromatic nitrogens is 3. The number of hydrogen-bond acceptors (Lipinski definition) is 7. The van der Waals surface area contributed by atoms with E-state index in [-0.39, 0.29) is 0 Å². The first-order chi connectivity index (χ1) is 10.2. The Morgan fingerprint density at radius 3 is 2.90 bits per heavy atom. The second kappa shape index (κ2) is 5.53. The van der Waals surface area contributed by atoms with Crippen LogP contribution in [0.4, 0.5) is 5.69 Å². The summed E-state index contributed by atoms with van der Waals surface area (Å²) in [5, 5.41) is 7.00. The van der Waals surface area contributed by atoms with Gasteiger partial charge >= 0.3 is 0 Å². The van der Waals surface area contributed by atoms with Gasteiger partial charge < -0.3 is 15.0 Å². The molecule has 6 nitrogen and oxygen atoms in total. The van der Waals surface area contributed by atoms with Crippen LogP contribution in [0.3, 0.4) is 0 Å². The summed E-state index contributed by atoms with van der Waals surface area (Å²) < 4.78 is 10.6. The van der Waals surface area contributed by atoms with Crippen molar-refractivity contribution in [2.45, 2.75) is 13.3 Å². The highest BCUT2D eigenvalue weighted by Crippen LogP contribution is 2.30. The number of methoxy groups -OCH3 is 1. The van der Waals surface area contributed by atoms with Crippen LogP contribution < -0.4 is 10.5 Å². The first kappa shape index (κ1) is 13.6. The topological polar surface area (TPSA) is 87.1 Å². The van der Waals surface area contributed by atoms with Crippen molar-refractivity contribution in [2.75, 3.05) is 12.8 Å². The quantitative estimate of drug-likeness (QED) is 0.746. The lowest BCUT2D eigenvalue weighted by Crippen LogP contribution is -1.93. The number of hydrogen-bond donors (Lipinski definition) is 1. The first-order valence-corrected chi connectivity index (χ1v) is 7.21. The standard InChI is InChI=1S/C14H14N4O2S/c1-8-16-10(7-21-8)6-13-17-14(20-18-13)11-4-3-9(15)5-12(11)19-2/h3-5,7H,6,15H2,1-2H3. The second-order valence-corrected chi connectivity index (χ2v) is 5.57. The Bertz CT molecular complexity index is 766. The van der Waals surface area contributed by atoms with Crippen LogP contribution in [0, 0.1) is 6.92 Å². The predicted molar refractivity (Wildman–Crippen MR) is 80.4 cm³/mol. The zero-order valence-electron chi connectivity index (χ0n) is 11.7. The fraction of sp³-hybridized carbons (Fsp3) is 0.214. The summed E-state index contributed by atoms with van der Waals surface area (Å²) in [7, 11) is 1.58. The van der Waals surface area contributed by atoms with Gasteiger partial charge in [-0.05, 0) is 19.1 Å². The third kappa shape index (κ3) is 2.87. The van der Waals surface area contributed by atoms with Crippen molar-refractivity contribution in [3.63, 3.8) is 0 Å². The number of thiazole rings is 1. The van der Waals surface area contributed by atoms with Crippen molar-refractivity contribution in [1.82, 2.24) is 15.1 Å². The molecule has 0 spiro atoms. The third-order valence-corrected chi connectivity index (χ3v) is 3.75. The van der Waals surface area contributed by atoms with Crippen molar-refractivity contribution >= 4 is 17.0 Å². The number of nitrogens with zero attached hydrogens (tertiary/aromatic N) is 3. The molecule has 0 atom stereocenters. The highest BCUT2D eigenvalue weighted by Gasteiger charge is 2.15. The summed E-state index contributed by atoms with van der Waals surface area (Å²) in [6.45, 7) is 1.97. The molecule has 0 radical (unpaired) electrons. The van der Waals surface area contributed by atoms with E-state index in [0.29, 0.717) is 29.6 Å². The van der Waals surface area contributed by atoms with E-state index in [0.717, 1.165) is 16.3 Å². The smallest absolute Gasteiger partial charge is 0.261 e. The molecule has 2 N–H and O–H groups in total. The Morgan fingerprint density at radius 2 is 2.19 bits per heavy atom. The lowest BCUT2D eigenvalue weighted by molar-refractivity contribution is 0.403. The molecule has 7 heteroatoms. The molecule has 1 aromatic carbocycles. The minimum Gasteiger partial charge on any atom is -0.496 e. The zero-order chi connectivity index (χ0) is 14.8. The zero-order valence-corrected chi connectivity index (χ0v) is 12.5. The molecular weight excluding hydrogens is 288 g/mol. The Kier molecular flexibility index (Phi) is 3.57. The van der Waals surface area contributed by atoms with Gasteiger partial charge in [-0.2, -0.15) is 4.98 Å². The van der Waals surface area contributed by atoms with Crippen molar-refractivity contribution < 1.29 is 9.26 Å². The SMILES string of the molecule is COc1cc(N)ccc1-c1nc(Cc2csc(C)n2)no1. The van der Waals surface area contributed by atoms with Gasteiger partial charge in [0.1, 0.15) is 5.75 Å². The van der Waals surface area contributed by atoms with Gasteiger partial charge in [-0.3, -0.25) is 0 Å². The number of aryl methyl sites for hydroxylation is 1. The van der Waals surface area contributed by atoms with Crippen LogP contribution in [0.2, 0.25) is 0 Å². The van der Waals surface area contributed by atoms with Crippen LogP contribution in [0.5, 0.6) is 5.75 Å². The van der Waals surface area contributed by atoms with Crippen LogP contribution in [-0.2, 0) is 6.42 Å². The molecule has 108 valence electrons. The molecule has 2 heterocycles.